The molecule has 8 nitrogen and oxygen atoms in total. The third-order valence-corrected chi connectivity index (χ3v) is 6.89. The number of rotatable bonds is 4. The van der Waals surface area contributed by atoms with E-state index in [1.165, 1.54) is 18.7 Å². The minimum absolute atomic E-state index is 0.216. The normalized spacial score (nSPS) is 31.2. The minimum atomic E-state index is -0.920. The van der Waals surface area contributed by atoms with Gasteiger partial charge in [-0.05, 0) is 18.4 Å². The standard InChI is InChI=1S/C24H23NO7S/c1-13(26)30-20-18(25-21(27)15-10-6-7-11-16(15)22(25)28)24(33-2)31-17-12-29-23(32-19(17)20)14-8-4-3-5-9-14/h3-11,17-20,23-24H,12H2,1-2H3/t17-,18-,19+,20-,23?,24+/m1/s1. The largest absolute Gasteiger partial charge is 0.457 e. The number of carbonyl (C=O) groups excluding carboxylic acids is 3. The van der Waals surface area contributed by atoms with Crippen LogP contribution in [0, 0.1) is 0 Å². The number of carbonyl (C=O) groups is 3. The van der Waals surface area contributed by atoms with Crippen LogP contribution in [0.1, 0.15) is 39.5 Å². The molecule has 9 heteroatoms. The Bertz CT molecular complexity index is 1040. The van der Waals surface area contributed by atoms with E-state index in [1.807, 2.05) is 36.6 Å². The van der Waals surface area contributed by atoms with Gasteiger partial charge < -0.3 is 18.9 Å². The zero-order chi connectivity index (χ0) is 23.1. The first-order chi connectivity index (χ1) is 16.0. The molecule has 172 valence electrons. The second-order valence-electron chi connectivity index (χ2n) is 8.05. The number of esters is 1. The molecule has 33 heavy (non-hydrogen) atoms. The number of hydrogen-bond acceptors (Lipinski definition) is 8. The predicted octanol–water partition coefficient (Wildman–Crippen LogP) is 2.79. The Morgan fingerprint density at radius 3 is 2.24 bits per heavy atom. The molecule has 2 fully saturated rings. The molecular weight excluding hydrogens is 446 g/mol. The van der Waals surface area contributed by atoms with Crippen molar-refractivity contribution < 1.29 is 33.3 Å². The quantitative estimate of drug-likeness (QED) is 0.499. The van der Waals surface area contributed by atoms with Crippen molar-refractivity contribution in [2.75, 3.05) is 12.9 Å². The summed E-state index contributed by atoms with van der Waals surface area (Å²) in [6.45, 7) is 1.51. The first-order valence-corrected chi connectivity index (χ1v) is 11.9. The Morgan fingerprint density at radius 1 is 1.00 bits per heavy atom. The highest BCUT2D eigenvalue weighted by Gasteiger charge is 2.57. The molecule has 0 bridgehead atoms. The summed E-state index contributed by atoms with van der Waals surface area (Å²) in [5.41, 5.74) is 0.822. The van der Waals surface area contributed by atoms with Crippen LogP contribution in [0.3, 0.4) is 0 Å². The summed E-state index contributed by atoms with van der Waals surface area (Å²) in [6, 6.07) is 15.2. The van der Waals surface area contributed by atoms with E-state index in [9.17, 15) is 14.4 Å². The van der Waals surface area contributed by atoms with Gasteiger partial charge in [0.2, 0.25) is 0 Å². The molecule has 2 aromatic carbocycles. The Balaban J connectivity index is 1.52. The molecule has 3 heterocycles. The van der Waals surface area contributed by atoms with Gasteiger partial charge in [0, 0.05) is 12.5 Å². The highest BCUT2D eigenvalue weighted by atomic mass is 32.2. The summed E-state index contributed by atoms with van der Waals surface area (Å²) in [5.74, 6) is -1.41. The van der Waals surface area contributed by atoms with Crippen LogP contribution in [0.2, 0.25) is 0 Å². The highest BCUT2D eigenvalue weighted by Crippen LogP contribution is 2.41. The lowest BCUT2D eigenvalue weighted by molar-refractivity contribution is -0.311. The van der Waals surface area contributed by atoms with Crippen molar-refractivity contribution in [3.8, 4) is 0 Å². The van der Waals surface area contributed by atoms with Crippen LogP contribution in [0.4, 0.5) is 0 Å². The maximum Gasteiger partial charge on any atom is 0.303 e. The number of fused-ring (bicyclic) bond motifs is 2. The highest BCUT2D eigenvalue weighted by molar-refractivity contribution is 7.99. The Labute approximate surface area is 195 Å². The molecule has 5 rings (SSSR count). The Morgan fingerprint density at radius 2 is 1.64 bits per heavy atom. The number of nitrogens with zero attached hydrogens (tertiary/aromatic N) is 1. The first-order valence-electron chi connectivity index (χ1n) is 10.6. The predicted molar refractivity (Wildman–Crippen MR) is 118 cm³/mol. The van der Waals surface area contributed by atoms with E-state index in [0.717, 1.165) is 10.5 Å². The van der Waals surface area contributed by atoms with Gasteiger partial charge in [0.25, 0.3) is 11.8 Å². The molecule has 0 radical (unpaired) electrons. The molecule has 2 aromatic rings. The van der Waals surface area contributed by atoms with Gasteiger partial charge in [0.1, 0.15) is 23.7 Å². The van der Waals surface area contributed by atoms with E-state index in [-0.39, 0.29) is 6.61 Å². The molecule has 1 unspecified atom stereocenters. The first kappa shape index (κ1) is 22.1. The summed E-state index contributed by atoms with van der Waals surface area (Å²) in [7, 11) is 0. The molecule has 0 spiro atoms. The van der Waals surface area contributed by atoms with Gasteiger partial charge in [-0.1, -0.05) is 42.5 Å². The van der Waals surface area contributed by atoms with Crippen molar-refractivity contribution >= 4 is 29.5 Å². The van der Waals surface area contributed by atoms with Crippen LogP contribution in [0.15, 0.2) is 54.6 Å². The fourth-order valence-electron chi connectivity index (χ4n) is 4.61. The molecular formula is C24H23NO7S. The summed E-state index contributed by atoms with van der Waals surface area (Å²) < 4.78 is 24.1. The van der Waals surface area contributed by atoms with Gasteiger partial charge in [-0.3, -0.25) is 19.3 Å². The number of amides is 2. The topological polar surface area (TPSA) is 91.4 Å². The molecule has 0 N–H and O–H groups in total. The molecule has 0 aliphatic carbocycles. The zero-order valence-electron chi connectivity index (χ0n) is 18.1. The zero-order valence-corrected chi connectivity index (χ0v) is 18.9. The molecule has 2 amide bonds. The number of ether oxygens (including phenoxy) is 4. The number of imide groups is 1. The maximum atomic E-state index is 13.3. The number of benzene rings is 2. The minimum Gasteiger partial charge on any atom is -0.457 e. The van der Waals surface area contributed by atoms with Crippen molar-refractivity contribution in [3.63, 3.8) is 0 Å². The lowest BCUT2D eigenvalue weighted by Gasteiger charge is -2.50. The lowest BCUT2D eigenvalue weighted by Crippen LogP contribution is -2.67. The van der Waals surface area contributed by atoms with Crippen LogP contribution < -0.4 is 0 Å². The second kappa shape index (κ2) is 8.90. The van der Waals surface area contributed by atoms with Crippen molar-refractivity contribution in [2.24, 2.45) is 0 Å². The third-order valence-electron chi connectivity index (χ3n) is 6.04. The van der Waals surface area contributed by atoms with E-state index >= 15 is 0 Å². The maximum absolute atomic E-state index is 13.3. The third kappa shape index (κ3) is 3.85. The van der Waals surface area contributed by atoms with Crippen LogP contribution in [-0.4, -0.2) is 65.3 Å². The Kier molecular flexibility index (Phi) is 5.96. The van der Waals surface area contributed by atoms with Crippen LogP contribution in [-0.2, 0) is 23.7 Å². The second-order valence-corrected chi connectivity index (χ2v) is 8.98. The van der Waals surface area contributed by atoms with Gasteiger partial charge >= 0.3 is 5.97 Å². The average Bonchev–Trinajstić information content (AvgIpc) is 3.09. The van der Waals surface area contributed by atoms with E-state index in [4.69, 9.17) is 18.9 Å². The van der Waals surface area contributed by atoms with Crippen LogP contribution in [0.5, 0.6) is 0 Å². The molecule has 0 saturated carbocycles. The van der Waals surface area contributed by atoms with Crippen molar-refractivity contribution in [1.29, 1.82) is 0 Å². The van der Waals surface area contributed by atoms with E-state index in [0.29, 0.717) is 11.1 Å². The smallest absolute Gasteiger partial charge is 0.303 e. The summed E-state index contributed by atoms with van der Waals surface area (Å²) in [6.07, 6.45) is -1.05. The molecule has 3 aliphatic rings. The van der Waals surface area contributed by atoms with E-state index in [2.05, 4.69) is 0 Å². The fourth-order valence-corrected chi connectivity index (χ4v) is 5.42. The van der Waals surface area contributed by atoms with Crippen LogP contribution in [0.25, 0.3) is 0 Å². The van der Waals surface area contributed by atoms with Gasteiger partial charge in [-0.15, -0.1) is 11.8 Å². The van der Waals surface area contributed by atoms with Gasteiger partial charge in [-0.25, -0.2) is 0 Å². The SMILES string of the molecule is CS[C@@H]1O[C@@H]2COC(c3ccccc3)O[C@@H]2[C@H](OC(C)=O)[C@H]1N1C(=O)c2ccccc2C1=O. The van der Waals surface area contributed by atoms with Gasteiger partial charge in [0.15, 0.2) is 12.4 Å². The average molecular weight is 470 g/mol. The van der Waals surface area contributed by atoms with Crippen molar-refractivity contribution in [2.45, 2.75) is 43.0 Å². The van der Waals surface area contributed by atoms with E-state index in [1.54, 1.807) is 24.3 Å². The monoisotopic (exact) mass is 469 g/mol. The summed E-state index contributed by atoms with van der Waals surface area (Å²) in [5, 5.41) is 0. The van der Waals surface area contributed by atoms with E-state index < -0.39 is 53.9 Å². The van der Waals surface area contributed by atoms with Crippen molar-refractivity contribution in [3.05, 3.63) is 71.3 Å². The van der Waals surface area contributed by atoms with Crippen molar-refractivity contribution in [1.82, 2.24) is 4.90 Å². The number of hydrogen-bond donors (Lipinski definition) is 0. The van der Waals surface area contributed by atoms with Crippen LogP contribution >= 0.6 is 11.8 Å². The summed E-state index contributed by atoms with van der Waals surface area (Å²) >= 11 is 1.34. The number of thioether (sulfide) groups is 1. The summed E-state index contributed by atoms with van der Waals surface area (Å²) in [4.78, 5) is 39.8. The molecule has 0 aromatic heterocycles. The van der Waals surface area contributed by atoms with Gasteiger partial charge in [-0.2, -0.15) is 0 Å². The Hall–Kier alpha value is -2.72. The molecule has 6 atom stereocenters. The molecule has 2 saturated heterocycles. The van der Waals surface area contributed by atoms with Gasteiger partial charge in [0.05, 0.1) is 17.7 Å². The fraction of sp³-hybridized carbons (Fsp3) is 0.375. The lowest BCUT2D eigenvalue weighted by atomic mass is 9.95. The molecule has 3 aliphatic heterocycles.